The number of benzene rings is 2. The summed E-state index contributed by atoms with van der Waals surface area (Å²) >= 11 is 0. The normalized spacial score (nSPS) is 30.1. The van der Waals surface area contributed by atoms with Crippen molar-refractivity contribution in [1.82, 2.24) is 20.3 Å². The Balaban J connectivity index is 1.26. The quantitative estimate of drug-likeness (QED) is 0.382. The molecule has 2 heterocycles. The van der Waals surface area contributed by atoms with Crippen LogP contribution in [0.25, 0.3) is 10.8 Å². The van der Waals surface area contributed by atoms with Crippen LogP contribution in [0.15, 0.2) is 36.4 Å². The van der Waals surface area contributed by atoms with Crippen molar-refractivity contribution < 1.29 is 41.8 Å². The monoisotopic (exact) mass is 738 g/mol. The Kier molecular flexibility index (Phi) is 9.46. The summed E-state index contributed by atoms with van der Waals surface area (Å²) in [6, 6.07) is 9.56. The van der Waals surface area contributed by atoms with E-state index in [0.29, 0.717) is 38.0 Å². The lowest BCUT2D eigenvalue weighted by Crippen LogP contribution is -2.60. The molecule has 4 amide bonds. The van der Waals surface area contributed by atoms with Gasteiger partial charge in [-0.1, -0.05) is 39.0 Å². The molecule has 13 nitrogen and oxygen atoms in total. The predicted octanol–water partition coefficient (Wildman–Crippen LogP) is 3.88. The highest BCUT2D eigenvalue weighted by molar-refractivity contribution is 7.91. The molecule has 5 atom stereocenters. The Labute approximate surface area is 304 Å². The van der Waals surface area contributed by atoms with Crippen LogP contribution < -0.4 is 20.1 Å². The second-order valence-corrected chi connectivity index (χ2v) is 18.3. The molecule has 3 N–H and O–H groups in total. The number of amides is 4. The number of carbonyl (C=O) groups excluding carboxylic acids is 4. The number of methoxy groups -OCH3 is 1. The van der Waals surface area contributed by atoms with E-state index in [1.54, 1.807) is 7.11 Å². The standard InChI is InChI=1S/C38H50N4O9S/c1-36(2,3)31-33(44)42-22-37(49-4,26-12-10-23-11-13-27(19-25(23)18-26)50-16-6-5-7-17-51-35(46)39-31)21-30(42)32(43)40-38(20-29(38)24-8-9-24)34(45)41-52(47,48)28-14-15-28/h10-13,18-19,24,28-31H,5-9,14-17,20-22H2,1-4H3,(H,39,46)(H,40,43)(H,41,45)/t29-,30-,31+,37-,38+/m0/s1. The molecule has 3 saturated carbocycles. The average Bonchev–Trinajstić information content (AvgIpc) is 3.96. The Morgan fingerprint density at radius 1 is 0.942 bits per heavy atom. The second kappa shape index (κ2) is 13.5. The fraction of sp³-hybridized carbons (Fsp3) is 0.632. The summed E-state index contributed by atoms with van der Waals surface area (Å²) in [6.45, 7) is 6.12. The summed E-state index contributed by atoms with van der Waals surface area (Å²) < 4.78 is 45.7. The number of nitrogens with one attached hydrogen (secondary N) is 3. The van der Waals surface area contributed by atoms with Crippen LogP contribution in [0.2, 0.25) is 0 Å². The lowest BCUT2D eigenvalue weighted by molar-refractivity contribution is -0.143. The van der Waals surface area contributed by atoms with Crippen LogP contribution in [0.3, 0.4) is 0 Å². The SMILES string of the molecule is CO[C@@]12C[C@@H](C(=O)N[C@]3(C(=O)NS(=O)(=O)C4CC4)C[C@H]3C3CC3)N(C1)C(=O)[C@H](C(C)(C)C)NC(=O)OCCCCCOc1ccc3ccc2cc3c1. The zero-order chi connectivity index (χ0) is 37.1. The molecule has 0 spiro atoms. The molecule has 0 unspecified atom stereocenters. The van der Waals surface area contributed by atoms with Crippen molar-refractivity contribution in [3.63, 3.8) is 0 Å². The number of rotatable bonds is 7. The molecule has 5 bridgehead atoms. The zero-order valence-electron chi connectivity index (χ0n) is 30.4. The van der Waals surface area contributed by atoms with Crippen molar-refractivity contribution in [1.29, 1.82) is 0 Å². The lowest BCUT2D eigenvalue weighted by atomic mass is 9.85. The maximum Gasteiger partial charge on any atom is 0.407 e. The molecule has 0 aromatic heterocycles. The van der Waals surface area contributed by atoms with Crippen LogP contribution in [-0.4, -0.2) is 86.9 Å². The summed E-state index contributed by atoms with van der Waals surface area (Å²) in [5.41, 5.74) is -2.57. The van der Waals surface area contributed by atoms with E-state index in [1.807, 2.05) is 57.2 Å². The number of cyclic esters (lactones) is 1. The molecule has 2 aromatic carbocycles. The van der Waals surface area contributed by atoms with Gasteiger partial charge in [0.25, 0.3) is 5.91 Å². The predicted molar refractivity (Wildman–Crippen MR) is 192 cm³/mol. The molecule has 2 aliphatic heterocycles. The van der Waals surface area contributed by atoms with Crippen molar-refractivity contribution in [2.45, 2.75) is 107 Å². The van der Waals surface area contributed by atoms with Crippen LogP contribution in [0.4, 0.5) is 4.79 Å². The van der Waals surface area contributed by atoms with E-state index >= 15 is 0 Å². The van der Waals surface area contributed by atoms with Gasteiger partial charge < -0.3 is 29.7 Å². The van der Waals surface area contributed by atoms with Gasteiger partial charge in [-0.2, -0.15) is 0 Å². The Morgan fingerprint density at radius 3 is 2.33 bits per heavy atom. The van der Waals surface area contributed by atoms with E-state index in [-0.39, 0.29) is 31.4 Å². The smallest absolute Gasteiger partial charge is 0.407 e. The third-order valence-electron chi connectivity index (χ3n) is 11.5. The first kappa shape index (κ1) is 36.4. The first-order chi connectivity index (χ1) is 24.7. The fourth-order valence-corrected chi connectivity index (χ4v) is 9.29. The maximum absolute atomic E-state index is 14.7. The van der Waals surface area contributed by atoms with Gasteiger partial charge in [0, 0.05) is 13.5 Å². The molecule has 282 valence electrons. The van der Waals surface area contributed by atoms with Gasteiger partial charge in [-0.25, -0.2) is 13.2 Å². The molecule has 5 aliphatic rings. The van der Waals surface area contributed by atoms with Crippen LogP contribution >= 0.6 is 0 Å². The highest BCUT2D eigenvalue weighted by Crippen LogP contribution is 2.57. The van der Waals surface area contributed by atoms with E-state index in [0.717, 1.165) is 42.0 Å². The van der Waals surface area contributed by atoms with Crippen LogP contribution in [-0.2, 0) is 39.5 Å². The molecule has 52 heavy (non-hydrogen) atoms. The molecular formula is C38H50N4O9S. The zero-order valence-corrected chi connectivity index (χ0v) is 31.2. The van der Waals surface area contributed by atoms with Gasteiger partial charge in [0.1, 0.15) is 29.0 Å². The number of sulfonamides is 1. The molecule has 0 radical (unpaired) electrons. The minimum Gasteiger partial charge on any atom is -0.494 e. The average molecular weight is 739 g/mol. The van der Waals surface area contributed by atoms with Gasteiger partial charge in [-0.3, -0.25) is 19.1 Å². The van der Waals surface area contributed by atoms with Gasteiger partial charge in [-0.05, 0) is 103 Å². The summed E-state index contributed by atoms with van der Waals surface area (Å²) in [5.74, 6) is -1.09. The molecule has 3 aliphatic carbocycles. The summed E-state index contributed by atoms with van der Waals surface area (Å²) in [4.78, 5) is 57.6. The molecule has 2 aromatic rings. The number of alkyl carbamates (subject to hydrolysis) is 1. The molecular weight excluding hydrogens is 689 g/mol. The summed E-state index contributed by atoms with van der Waals surface area (Å²) in [5, 5.41) is 7.03. The van der Waals surface area contributed by atoms with Gasteiger partial charge in [0.2, 0.25) is 21.8 Å². The van der Waals surface area contributed by atoms with Gasteiger partial charge >= 0.3 is 6.09 Å². The Morgan fingerprint density at radius 2 is 1.65 bits per heavy atom. The van der Waals surface area contributed by atoms with Crippen LogP contribution in [0, 0.1) is 17.3 Å². The number of carbonyl (C=O) groups is 4. The highest BCUT2D eigenvalue weighted by Gasteiger charge is 2.67. The largest absolute Gasteiger partial charge is 0.494 e. The van der Waals surface area contributed by atoms with Crippen molar-refractivity contribution >= 4 is 44.6 Å². The second-order valence-electron chi connectivity index (χ2n) is 16.4. The summed E-state index contributed by atoms with van der Waals surface area (Å²) in [7, 11) is -2.32. The number of hydrogen-bond donors (Lipinski definition) is 3. The van der Waals surface area contributed by atoms with E-state index < -0.39 is 67.7 Å². The van der Waals surface area contributed by atoms with E-state index in [2.05, 4.69) is 15.4 Å². The Bertz CT molecular complexity index is 1870. The minimum atomic E-state index is -3.86. The third kappa shape index (κ3) is 7.20. The highest BCUT2D eigenvalue weighted by atomic mass is 32.2. The van der Waals surface area contributed by atoms with E-state index in [4.69, 9.17) is 14.2 Å². The summed E-state index contributed by atoms with van der Waals surface area (Å²) in [6.07, 6.45) is 4.59. The molecule has 1 saturated heterocycles. The molecule has 4 fully saturated rings. The van der Waals surface area contributed by atoms with Crippen LogP contribution in [0.5, 0.6) is 5.75 Å². The first-order valence-corrected chi connectivity index (χ1v) is 20.0. The topological polar surface area (TPSA) is 169 Å². The van der Waals surface area contributed by atoms with Gasteiger partial charge in [0.05, 0.1) is 25.0 Å². The molecule has 7 rings (SSSR count). The molecule has 14 heteroatoms. The third-order valence-corrected chi connectivity index (χ3v) is 13.3. The van der Waals surface area contributed by atoms with E-state index in [9.17, 15) is 27.6 Å². The fourth-order valence-electron chi connectivity index (χ4n) is 7.92. The number of nitrogens with zero attached hydrogens (tertiary/aromatic N) is 1. The number of ether oxygens (including phenoxy) is 3. The number of fused-ring (bicyclic) bond motifs is 5. The number of hydrogen-bond acceptors (Lipinski definition) is 9. The van der Waals surface area contributed by atoms with Gasteiger partial charge in [-0.15, -0.1) is 0 Å². The van der Waals surface area contributed by atoms with E-state index in [1.165, 1.54) is 4.90 Å². The van der Waals surface area contributed by atoms with Gasteiger partial charge in [0.15, 0.2) is 0 Å². The van der Waals surface area contributed by atoms with Crippen molar-refractivity contribution in [3.8, 4) is 5.75 Å². The minimum absolute atomic E-state index is 0.0211. The van der Waals surface area contributed by atoms with Crippen molar-refractivity contribution in [2.75, 3.05) is 26.9 Å². The Hall–Kier alpha value is -3.91. The maximum atomic E-state index is 14.7. The van der Waals surface area contributed by atoms with Crippen LogP contribution in [0.1, 0.15) is 84.1 Å². The lowest BCUT2D eigenvalue weighted by Gasteiger charge is -2.36. The van der Waals surface area contributed by atoms with Crippen molar-refractivity contribution in [2.24, 2.45) is 17.3 Å². The first-order valence-electron chi connectivity index (χ1n) is 18.5. The van der Waals surface area contributed by atoms with Crippen molar-refractivity contribution in [3.05, 3.63) is 42.0 Å².